The summed E-state index contributed by atoms with van der Waals surface area (Å²) in [5, 5.41) is 0.825. The first-order chi connectivity index (χ1) is 8.84. The lowest BCUT2D eigenvalue weighted by Crippen LogP contribution is -1.87. The Bertz CT molecular complexity index is 215. The van der Waals surface area contributed by atoms with E-state index in [1.54, 1.807) is 0 Å². The minimum atomic E-state index is 0.396. The van der Waals surface area contributed by atoms with Crippen molar-refractivity contribution in [3.8, 4) is 0 Å². The van der Waals surface area contributed by atoms with Crippen molar-refractivity contribution >= 4 is 16.9 Å². The molecule has 1 saturated heterocycles. The van der Waals surface area contributed by atoms with Crippen LogP contribution < -0.4 is 0 Å². The Morgan fingerprint density at radius 3 is 1.56 bits per heavy atom. The Hall–Kier alpha value is 0.0200. The second kappa shape index (κ2) is 10.9. The fourth-order valence-electron chi connectivity index (χ4n) is 2.45. The fourth-order valence-corrected chi connectivity index (χ4v) is 3.07. The topological polar surface area (TPSA) is 17.1 Å². The Labute approximate surface area is 117 Å². The number of hydrogen-bond acceptors (Lipinski definition) is 2. The molecule has 0 saturated carbocycles. The molecule has 0 spiro atoms. The maximum absolute atomic E-state index is 10.8. The van der Waals surface area contributed by atoms with Gasteiger partial charge in [-0.3, -0.25) is 4.79 Å². The molecule has 1 fully saturated rings. The summed E-state index contributed by atoms with van der Waals surface area (Å²) in [5.74, 6) is 0. The lowest BCUT2D eigenvalue weighted by Gasteiger charge is -2.02. The highest BCUT2D eigenvalue weighted by Gasteiger charge is 2.34. The van der Waals surface area contributed by atoms with Crippen LogP contribution in [0, 0.1) is 0 Å². The van der Waals surface area contributed by atoms with Gasteiger partial charge >= 0.3 is 0 Å². The summed E-state index contributed by atoms with van der Waals surface area (Å²) in [4.78, 5) is 10.8. The first kappa shape index (κ1) is 16.1. The third kappa shape index (κ3) is 9.02. The van der Waals surface area contributed by atoms with Crippen LogP contribution in [0.4, 0.5) is 0 Å². The van der Waals surface area contributed by atoms with Crippen LogP contribution in [0.15, 0.2) is 0 Å². The zero-order valence-corrected chi connectivity index (χ0v) is 12.9. The highest BCUT2D eigenvalue weighted by Crippen LogP contribution is 2.36. The van der Waals surface area contributed by atoms with Gasteiger partial charge in [-0.25, -0.2) is 0 Å². The van der Waals surface area contributed by atoms with Gasteiger partial charge in [0.25, 0.3) is 0 Å². The van der Waals surface area contributed by atoms with E-state index in [-0.39, 0.29) is 0 Å². The molecular formula is C16H30OS. The molecule has 1 aliphatic heterocycles. The standard InChI is InChI=1S/C16H30OS/c1-2-3-4-5-6-7-8-9-10-11-12-13-14-15-16(17)18-15/h15H,2-14H2,1H3/t15-/m1/s1. The second-order valence-corrected chi connectivity index (χ2v) is 6.81. The van der Waals surface area contributed by atoms with Crippen LogP contribution in [-0.2, 0) is 4.79 Å². The summed E-state index contributed by atoms with van der Waals surface area (Å²) in [6, 6.07) is 0. The van der Waals surface area contributed by atoms with E-state index in [1.165, 1.54) is 88.8 Å². The summed E-state index contributed by atoms with van der Waals surface area (Å²) < 4.78 is 0. The summed E-state index contributed by atoms with van der Waals surface area (Å²) in [7, 11) is 0. The van der Waals surface area contributed by atoms with Crippen LogP contribution >= 0.6 is 11.8 Å². The van der Waals surface area contributed by atoms with Gasteiger partial charge in [-0.05, 0) is 6.42 Å². The summed E-state index contributed by atoms with van der Waals surface area (Å²) in [6.45, 7) is 2.28. The highest BCUT2D eigenvalue weighted by molar-refractivity contribution is 8.25. The van der Waals surface area contributed by atoms with Gasteiger partial charge in [0.2, 0.25) is 5.12 Å². The first-order valence-corrected chi connectivity index (χ1v) is 8.93. The average molecular weight is 270 g/mol. The van der Waals surface area contributed by atoms with Crippen molar-refractivity contribution in [3.05, 3.63) is 0 Å². The predicted octanol–water partition coefficient (Wildman–Crippen LogP) is 5.72. The molecule has 0 unspecified atom stereocenters. The minimum Gasteiger partial charge on any atom is -0.286 e. The SMILES string of the molecule is CCCCCCCCCCCCCC[C@H]1SC1=O. The molecule has 1 rings (SSSR count). The summed E-state index contributed by atoms with van der Waals surface area (Å²) in [6.07, 6.45) is 17.9. The third-order valence-corrected chi connectivity index (χ3v) is 4.78. The van der Waals surface area contributed by atoms with Crippen molar-refractivity contribution in [1.82, 2.24) is 0 Å². The maximum Gasteiger partial charge on any atom is 0.203 e. The van der Waals surface area contributed by atoms with Gasteiger partial charge < -0.3 is 0 Å². The van der Waals surface area contributed by atoms with Crippen molar-refractivity contribution in [2.24, 2.45) is 0 Å². The number of unbranched alkanes of at least 4 members (excludes halogenated alkanes) is 11. The van der Waals surface area contributed by atoms with E-state index in [9.17, 15) is 4.79 Å². The van der Waals surface area contributed by atoms with E-state index in [1.807, 2.05) is 0 Å². The van der Waals surface area contributed by atoms with Crippen molar-refractivity contribution in [2.45, 2.75) is 95.6 Å². The Morgan fingerprint density at radius 2 is 1.17 bits per heavy atom. The van der Waals surface area contributed by atoms with E-state index in [0.29, 0.717) is 10.4 Å². The Morgan fingerprint density at radius 1 is 0.778 bits per heavy atom. The zero-order valence-electron chi connectivity index (χ0n) is 12.1. The number of hydrogen-bond donors (Lipinski definition) is 0. The molecule has 106 valence electrons. The van der Waals surface area contributed by atoms with E-state index in [0.717, 1.165) is 6.42 Å². The van der Waals surface area contributed by atoms with Gasteiger partial charge in [0.1, 0.15) is 0 Å². The molecule has 0 aliphatic carbocycles. The first-order valence-electron chi connectivity index (χ1n) is 8.05. The van der Waals surface area contributed by atoms with Crippen molar-refractivity contribution in [3.63, 3.8) is 0 Å². The van der Waals surface area contributed by atoms with Crippen molar-refractivity contribution < 1.29 is 4.79 Å². The monoisotopic (exact) mass is 270 g/mol. The van der Waals surface area contributed by atoms with Crippen LogP contribution in [0.2, 0.25) is 0 Å². The maximum atomic E-state index is 10.8. The predicted molar refractivity (Wildman–Crippen MR) is 82.1 cm³/mol. The van der Waals surface area contributed by atoms with Gasteiger partial charge in [-0.15, -0.1) is 0 Å². The summed E-state index contributed by atoms with van der Waals surface area (Å²) >= 11 is 1.54. The number of thioether (sulfide) groups is 1. The zero-order chi connectivity index (χ0) is 13.1. The Balaban J connectivity index is 1.64. The molecule has 0 aromatic heterocycles. The molecule has 2 heteroatoms. The lowest BCUT2D eigenvalue weighted by molar-refractivity contribution is -0.107. The van der Waals surface area contributed by atoms with Gasteiger partial charge in [0.05, 0.1) is 5.25 Å². The molecule has 0 amide bonds. The van der Waals surface area contributed by atoms with E-state index in [2.05, 4.69) is 6.92 Å². The molecule has 0 aromatic rings. The number of carbonyl (C=O) groups excluding carboxylic acids is 1. The molecular weight excluding hydrogens is 240 g/mol. The molecule has 0 bridgehead atoms. The van der Waals surface area contributed by atoms with E-state index < -0.39 is 0 Å². The van der Waals surface area contributed by atoms with E-state index >= 15 is 0 Å². The molecule has 0 aromatic carbocycles. The number of carbonyl (C=O) groups is 1. The van der Waals surface area contributed by atoms with Gasteiger partial charge in [-0.1, -0.05) is 95.7 Å². The van der Waals surface area contributed by atoms with Gasteiger partial charge in [0, 0.05) is 0 Å². The molecule has 0 N–H and O–H groups in total. The fraction of sp³-hybridized carbons (Fsp3) is 0.938. The second-order valence-electron chi connectivity index (χ2n) is 5.60. The van der Waals surface area contributed by atoms with Gasteiger partial charge in [-0.2, -0.15) is 0 Å². The van der Waals surface area contributed by atoms with Crippen LogP contribution in [0.5, 0.6) is 0 Å². The quantitative estimate of drug-likeness (QED) is 0.314. The normalized spacial score (nSPS) is 18.3. The van der Waals surface area contributed by atoms with E-state index in [4.69, 9.17) is 0 Å². The molecule has 18 heavy (non-hydrogen) atoms. The summed E-state index contributed by atoms with van der Waals surface area (Å²) in [5.41, 5.74) is 0. The lowest BCUT2D eigenvalue weighted by atomic mass is 10.0. The molecule has 0 radical (unpaired) electrons. The molecule has 1 heterocycles. The number of rotatable bonds is 13. The van der Waals surface area contributed by atoms with Crippen molar-refractivity contribution in [1.29, 1.82) is 0 Å². The van der Waals surface area contributed by atoms with Crippen LogP contribution in [0.3, 0.4) is 0 Å². The Kier molecular flexibility index (Phi) is 9.73. The van der Waals surface area contributed by atoms with Crippen LogP contribution in [0.1, 0.15) is 90.4 Å². The average Bonchev–Trinajstić information content (AvgIpc) is 3.07. The third-order valence-electron chi connectivity index (χ3n) is 3.78. The van der Waals surface area contributed by atoms with Crippen LogP contribution in [0.25, 0.3) is 0 Å². The molecule has 1 nitrogen and oxygen atoms in total. The minimum absolute atomic E-state index is 0.396. The van der Waals surface area contributed by atoms with Crippen LogP contribution in [-0.4, -0.2) is 10.4 Å². The smallest absolute Gasteiger partial charge is 0.203 e. The largest absolute Gasteiger partial charge is 0.286 e. The molecule has 1 atom stereocenters. The van der Waals surface area contributed by atoms with Gasteiger partial charge in [0.15, 0.2) is 0 Å². The van der Waals surface area contributed by atoms with Crippen molar-refractivity contribution in [2.75, 3.05) is 0 Å². The highest BCUT2D eigenvalue weighted by atomic mass is 32.2. The molecule has 1 aliphatic rings.